The van der Waals surface area contributed by atoms with Gasteiger partial charge in [-0.3, -0.25) is 0 Å². The fourth-order valence-electron chi connectivity index (χ4n) is 3.43. The molecule has 0 atom stereocenters. The average Bonchev–Trinajstić information content (AvgIpc) is 2.97. The van der Waals surface area contributed by atoms with Crippen molar-refractivity contribution >= 4 is 45.2 Å². The van der Waals surface area contributed by atoms with Gasteiger partial charge in [0.05, 0.1) is 33.3 Å². The van der Waals surface area contributed by atoms with Crippen molar-refractivity contribution in [3.8, 4) is 35.1 Å². The van der Waals surface area contributed by atoms with Crippen LogP contribution in [0.4, 0.5) is 8.78 Å². The zero-order valence-electron chi connectivity index (χ0n) is 21.2. The van der Waals surface area contributed by atoms with Crippen molar-refractivity contribution in [3.63, 3.8) is 0 Å². The average molecular weight is 658 g/mol. The fourth-order valence-corrected chi connectivity index (χ4v) is 4.28. The Bertz CT molecular complexity index is 1690. The molecule has 0 unspecified atom stereocenters. The molecule has 0 amide bonds. The highest BCUT2D eigenvalue weighted by Gasteiger charge is 2.16. The van der Waals surface area contributed by atoms with Gasteiger partial charge in [0.2, 0.25) is 0 Å². The van der Waals surface area contributed by atoms with E-state index in [9.17, 15) is 8.78 Å². The zero-order valence-corrected chi connectivity index (χ0v) is 24.3. The van der Waals surface area contributed by atoms with Crippen LogP contribution >= 0.6 is 39.1 Å². The molecule has 0 saturated heterocycles. The van der Waals surface area contributed by atoms with Crippen LogP contribution in [0.1, 0.15) is 27.8 Å². The number of rotatable bonds is 7. The molecule has 0 radical (unpaired) electrons. The highest BCUT2D eigenvalue weighted by Crippen LogP contribution is 2.36. The molecule has 0 aliphatic carbocycles. The number of halogens is 5. The second-order valence-electron chi connectivity index (χ2n) is 8.21. The molecule has 4 rings (SSSR count). The van der Waals surface area contributed by atoms with Crippen molar-refractivity contribution in [2.75, 3.05) is 0 Å². The number of nitrogens with two attached hydrogens (primary N) is 2. The normalized spacial score (nSPS) is 10.1. The summed E-state index contributed by atoms with van der Waals surface area (Å²) in [6.45, 7) is 3.72. The maximum absolute atomic E-state index is 14.2. The van der Waals surface area contributed by atoms with Crippen LogP contribution in [0.2, 0.25) is 10.0 Å². The first-order valence-corrected chi connectivity index (χ1v) is 13.3. The van der Waals surface area contributed by atoms with Crippen molar-refractivity contribution in [1.82, 2.24) is 0 Å². The number of hydrogen-bond donors (Lipinski definition) is 2. The SMILES string of the molecule is C=Cc1cc(C#N)cc(Oc2c(Cl)ccc(CN)c2F)c1.N#Cc1cc(Br)cc(Oc2c(Cl)ccc(CN)c2F)c1. The predicted octanol–water partition coefficient (Wildman–Crippen LogP) is 8.61. The Kier molecular flexibility index (Phi) is 11.2. The van der Waals surface area contributed by atoms with Crippen molar-refractivity contribution in [3.05, 3.63) is 121 Å². The van der Waals surface area contributed by atoms with Gasteiger partial charge in [0.15, 0.2) is 23.1 Å². The standard InChI is InChI=1S/C16H12ClFN2O.C14H9BrClFN2O/c1-2-10-5-11(8-19)7-13(6-10)21-16-14(17)4-3-12(9-20)15(16)18;15-10-3-8(6-18)4-11(5-10)20-14-12(16)2-1-9(7-19)13(14)17/h2-7H,1,9,20H2;1-5H,7,19H2. The first-order valence-electron chi connectivity index (χ1n) is 11.7. The van der Waals surface area contributed by atoms with E-state index in [4.69, 9.17) is 54.7 Å². The van der Waals surface area contributed by atoms with Gasteiger partial charge in [-0.25, -0.2) is 8.78 Å². The molecule has 4 N–H and O–H groups in total. The highest BCUT2D eigenvalue weighted by atomic mass is 79.9. The van der Waals surface area contributed by atoms with Crippen LogP contribution in [0.5, 0.6) is 23.0 Å². The lowest BCUT2D eigenvalue weighted by atomic mass is 10.1. The molecule has 0 bridgehead atoms. The molecule has 0 aromatic heterocycles. The van der Waals surface area contributed by atoms with E-state index in [0.717, 1.165) is 0 Å². The van der Waals surface area contributed by atoms with Gasteiger partial charge >= 0.3 is 0 Å². The summed E-state index contributed by atoms with van der Waals surface area (Å²) in [5.74, 6) is -0.794. The van der Waals surface area contributed by atoms with Gasteiger partial charge in [0.1, 0.15) is 11.5 Å². The van der Waals surface area contributed by atoms with E-state index in [1.807, 2.05) is 12.1 Å². The second-order valence-corrected chi connectivity index (χ2v) is 9.94. The lowest BCUT2D eigenvalue weighted by Gasteiger charge is -2.12. The molecule has 208 valence electrons. The second kappa shape index (κ2) is 14.6. The Labute approximate surface area is 254 Å². The van der Waals surface area contributed by atoms with Gasteiger partial charge < -0.3 is 20.9 Å². The van der Waals surface area contributed by atoms with Gasteiger partial charge in [-0.15, -0.1) is 0 Å². The van der Waals surface area contributed by atoms with Crippen LogP contribution in [0.25, 0.3) is 6.08 Å². The van der Waals surface area contributed by atoms with Crippen molar-refractivity contribution < 1.29 is 18.3 Å². The summed E-state index contributed by atoms with van der Waals surface area (Å²) in [5.41, 5.74) is 13.0. The molecule has 41 heavy (non-hydrogen) atoms. The molecule has 0 fully saturated rings. The van der Waals surface area contributed by atoms with E-state index in [1.165, 1.54) is 36.4 Å². The molecule has 0 saturated carbocycles. The van der Waals surface area contributed by atoms with Crippen molar-refractivity contribution in [2.24, 2.45) is 11.5 Å². The van der Waals surface area contributed by atoms with Gasteiger partial charge in [-0.1, -0.05) is 63.9 Å². The Balaban J connectivity index is 0.000000226. The van der Waals surface area contributed by atoms with Gasteiger partial charge in [0, 0.05) is 28.7 Å². The van der Waals surface area contributed by atoms with Gasteiger partial charge in [-0.05, 0) is 54.1 Å². The minimum atomic E-state index is -0.604. The van der Waals surface area contributed by atoms with Crippen LogP contribution < -0.4 is 20.9 Å². The lowest BCUT2D eigenvalue weighted by Crippen LogP contribution is -2.02. The number of benzene rings is 4. The maximum atomic E-state index is 14.2. The summed E-state index contributed by atoms with van der Waals surface area (Å²) >= 11 is 15.2. The van der Waals surface area contributed by atoms with E-state index in [0.29, 0.717) is 43.8 Å². The molecule has 0 heterocycles. The Hall–Kier alpha value is -3.96. The molecule has 4 aromatic carbocycles. The molecule has 6 nitrogen and oxygen atoms in total. The monoisotopic (exact) mass is 656 g/mol. The van der Waals surface area contributed by atoms with Crippen LogP contribution in [-0.2, 0) is 13.1 Å². The van der Waals surface area contributed by atoms with Crippen LogP contribution in [0.15, 0.2) is 71.7 Å². The highest BCUT2D eigenvalue weighted by molar-refractivity contribution is 9.10. The summed E-state index contributed by atoms with van der Waals surface area (Å²) < 4.78 is 40.0. The predicted molar refractivity (Wildman–Crippen MR) is 159 cm³/mol. The van der Waals surface area contributed by atoms with Crippen molar-refractivity contribution in [1.29, 1.82) is 10.5 Å². The lowest BCUT2D eigenvalue weighted by molar-refractivity contribution is 0.438. The largest absolute Gasteiger partial charge is 0.453 e. The van der Waals surface area contributed by atoms with Gasteiger partial charge in [-0.2, -0.15) is 10.5 Å². The number of ether oxygens (including phenoxy) is 2. The minimum absolute atomic E-state index is 0.0372. The third kappa shape index (κ3) is 8.05. The third-order valence-electron chi connectivity index (χ3n) is 5.43. The van der Waals surface area contributed by atoms with Crippen LogP contribution in [0.3, 0.4) is 0 Å². The quantitative estimate of drug-likeness (QED) is 0.205. The van der Waals surface area contributed by atoms with Crippen LogP contribution in [0, 0.1) is 34.3 Å². The summed E-state index contributed by atoms with van der Waals surface area (Å²) in [5, 5.41) is 18.2. The molecule has 0 spiro atoms. The Morgan fingerprint density at radius 2 is 1.24 bits per heavy atom. The van der Waals surface area contributed by atoms with E-state index >= 15 is 0 Å². The Morgan fingerprint density at radius 3 is 1.68 bits per heavy atom. The van der Waals surface area contributed by atoms with Crippen molar-refractivity contribution in [2.45, 2.75) is 13.1 Å². The smallest absolute Gasteiger partial charge is 0.181 e. The summed E-state index contributed by atoms with van der Waals surface area (Å²) in [6.07, 6.45) is 1.57. The Morgan fingerprint density at radius 1 is 0.780 bits per heavy atom. The summed E-state index contributed by atoms with van der Waals surface area (Å²) in [7, 11) is 0. The first-order chi connectivity index (χ1) is 19.6. The van der Waals surface area contributed by atoms with E-state index < -0.39 is 11.6 Å². The third-order valence-corrected chi connectivity index (χ3v) is 6.48. The summed E-state index contributed by atoms with van der Waals surface area (Å²) in [6, 6.07) is 19.6. The van der Waals surface area contributed by atoms with E-state index in [-0.39, 0.29) is 34.6 Å². The van der Waals surface area contributed by atoms with Gasteiger partial charge in [0.25, 0.3) is 0 Å². The number of nitriles is 2. The molecular weight excluding hydrogens is 637 g/mol. The van der Waals surface area contributed by atoms with E-state index in [2.05, 4.69) is 22.5 Å². The summed E-state index contributed by atoms with van der Waals surface area (Å²) in [4.78, 5) is 0. The minimum Gasteiger partial charge on any atom is -0.453 e. The molecular formula is C30H21BrCl2F2N4O2. The van der Waals surface area contributed by atoms with E-state index in [1.54, 1.807) is 30.3 Å². The topological polar surface area (TPSA) is 118 Å². The fraction of sp³-hybridized carbons (Fsp3) is 0.0667. The molecule has 11 heteroatoms. The number of nitrogens with zero attached hydrogens (tertiary/aromatic N) is 2. The molecule has 4 aromatic rings. The zero-order chi connectivity index (χ0) is 30.1. The maximum Gasteiger partial charge on any atom is 0.181 e. The first kappa shape index (κ1) is 31.6. The molecule has 0 aliphatic heterocycles. The molecule has 0 aliphatic rings. The number of hydrogen-bond acceptors (Lipinski definition) is 6. The van der Waals surface area contributed by atoms with Crippen LogP contribution in [-0.4, -0.2) is 0 Å².